The summed E-state index contributed by atoms with van der Waals surface area (Å²) in [5, 5.41) is 2.72. The van der Waals surface area contributed by atoms with Crippen molar-refractivity contribution in [1.82, 2.24) is 0 Å². The number of nitrogens with one attached hydrogen (secondary N) is 1. The van der Waals surface area contributed by atoms with Crippen LogP contribution in [0.5, 0.6) is 0 Å². The van der Waals surface area contributed by atoms with Crippen LogP contribution in [-0.4, -0.2) is 30.3 Å². The zero-order valence-electron chi connectivity index (χ0n) is 18.7. The average Bonchev–Trinajstić information content (AvgIpc) is 3.45. The standard InChI is InChI=1S/C26H26N2O5/c1-14-9-15(2)11-19(10-14)27-21(29)13-33-26(32)16-5-7-20(8-6-16)28-24(30)22-17-3-4-18(12-17)23(22)25(28)31/h5-11,17-18,22-23H,3-4,12-13H2,1-2H3,(H,27,29)/t17-,18-,22-,23+/m0/s1. The minimum atomic E-state index is -0.647. The van der Waals surface area contributed by atoms with Gasteiger partial charge in [0.25, 0.3) is 5.91 Å². The first-order chi connectivity index (χ1) is 15.8. The third kappa shape index (κ3) is 3.81. The lowest BCUT2D eigenvalue weighted by Crippen LogP contribution is -2.32. The Bertz CT molecular complexity index is 1110. The lowest BCUT2D eigenvalue weighted by Gasteiger charge is -2.19. The van der Waals surface area contributed by atoms with Crippen LogP contribution in [0.15, 0.2) is 42.5 Å². The van der Waals surface area contributed by atoms with Gasteiger partial charge in [0.15, 0.2) is 6.61 Å². The topological polar surface area (TPSA) is 92.8 Å². The molecule has 170 valence electrons. The van der Waals surface area contributed by atoms with Gasteiger partial charge in [0.2, 0.25) is 11.8 Å². The lowest BCUT2D eigenvalue weighted by molar-refractivity contribution is -0.123. The maximum absolute atomic E-state index is 12.9. The highest BCUT2D eigenvalue weighted by Gasteiger charge is 2.61. The van der Waals surface area contributed by atoms with Crippen molar-refractivity contribution in [3.8, 4) is 0 Å². The predicted molar refractivity (Wildman–Crippen MR) is 122 cm³/mol. The van der Waals surface area contributed by atoms with Crippen LogP contribution in [0, 0.1) is 37.5 Å². The van der Waals surface area contributed by atoms with Crippen molar-refractivity contribution in [2.45, 2.75) is 33.1 Å². The molecule has 0 unspecified atom stereocenters. The number of benzene rings is 2. The van der Waals surface area contributed by atoms with Gasteiger partial charge in [0.1, 0.15) is 0 Å². The molecule has 4 atom stereocenters. The lowest BCUT2D eigenvalue weighted by atomic mass is 9.81. The number of anilines is 2. The summed E-state index contributed by atoms with van der Waals surface area (Å²) in [5.41, 5.74) is 3.42. The second kappa shape index (κ2) is 8.14. The van der Waals surface area contributed by atoms with Crippen molar-refractivity contribution in [2.24, 2.45) is 23.7 Å². The van der Waals surface area contributed by atoms with Crippen LogP contribution in [0.4, 0.5) is 11.4 Å². The highest BCUT2D eigenvalue weighted by Crippen LogP contribution is 2.56. The van der Waals surface area contributed by atoms with E-state index in [1.807, 2.05) is 32.0 Å². The smallest absolute Gasteiger partial charge is 0.338 e. The van der Waals surface area contributed by atoms with E-state index in [0.717, 1.165) is 30.4 Å². The quantitative estimate of drug-likeness (QED) is 0.559. The fourth-order valence-electron chi connectivity index (χ4n) is 5.87. The first-order valence-corrected chi connectivity index (χ1v) is 11.3. The molecule has 2 saturated carbocycles. The molecule has 7 nitrogen and oxygen atoms in total. The van der Waals surface area contributed by atoms with Crippen LogP contribution in [0.2, 0.25) is 0 Å². The van der Waals surface area contributed by atoms with Gasteiger partial charge >= 0.3 is 5.97 Å². The number of hydrogen-bond donors (Lipinski definition) is 1. The molecular weight excluding hydrogens is 420 g/mol. The molecule has 1 saturated heterocycles. The molecule has 5 rings (SSSR count). The third-order valence-electron chi connectivity index (χ3n) is 7.13. The number of hydrogen-bond acceptors (Lipinski definition) is 5. The summed E-state index contributed by atoms with van der Waals surface area (Å²) >= 11 is 0. The van der Waals surface area contributed by atoms with Crippen molar-refractivity contribution < 1.29 is 23.9 Å². The molecule has 0 spiro atoms. The number of ether oxygens (including phenoxy) is 1. The Morgan fingerprint density at radius 2 is 1.52 bits per heavy atom. The van der Waals surface area contributed by atoms with Crippen LogP contribution in [-0.2, 0) is 19.1 Å². The number of nitrogens with zero attached hydrogens (tertiary/aromatic N) is 1. The van der Waals surface area contributed by atoms with Gasteiger partial charge in [-0.25, -0.2) is 4.79 Å². The molecule has 1 aliphatic heterocycles. The number of imide groups is 1. The third-order valence-corrected chi connectivity index (χ3v) is 7.13. The van der Waals surface area contributed by atoms with Gasteiger partial charge in [-0.1, -0.05) is 6.07 Å². The summed E-state index contributed by atoms with van der Waals surface area (Å²) in [7, 11) is 0. The summed E-state index contributed by atoms with van der Waals surface area (Å²) < 4.78 is 5.13. The summed E-state index contributed by atoms with van der Waals surface area (Å²) in [4.78, 5) is 51.7. The van der Waals surface area contributed by atoms with Crippen molar-refractivity contribution >= 4 is 35.1 Å². The van der Waals surface area contributed by atoms with E-state index < -0.39 is 18.5 Å². The molecule has 3 aliphatic rings. The highest BCUT2D eigenvalue weighted by molar-refractivity contribution is 6.22. The summed E-state index contributed by atoms with van der Waals surface area (Å²) in [6.45, 7) is 3.46. The van der Waals surface area contributed by atoms with Crippen LogP contribution in [0.25, 0.3) is 0 Å². The van der Waals surface area contributed by atoms with E-state index in [2.05, 4.69) is 5.32 Å². The first-order valence-electron chi connectivity index (χ1n) is 11.3. The van der Waals surface area contributed by atoms with Gasteiger partial charge in [-0.05, 0) is 92.5 Å². The Morgan fingerprint density at radius 3 is 2.09 bits per heavy atom. The molecule has 33 heavy (non-hydrogen) atoms. The molecule has 3 fully saturated rings. The second-order valence-corrected chi connectivity index (χ2v) is 9.44. The van der Waals surface area contributed by atoms with Crippen LogP contribution < -0.4 is 10.2 Å². The highest BCUT2D eigenvalue weighted by atomic mass is 16.5. The van der Waals surface area contributed by atoms with Crippen molar-refractivity contribution in [3.63, 3.8) is 0 Å². The Balaban J connectivity index is 1.20. The summed E-state index contributed by atoms with van der Waals surface area (Å²) in [6, 6.07) is 11.9. The number of fused-ring (bicyclic) bond motifs is 5. The van der Waals surface area contributed by atoms with E-state index in [9.17, 15) is 19.2 Å². The normalized spacial score (nSPS) is 25.3. The van der Waals surface area contributed by atoms with E-state index >= 15 is 0 Å². The molecule has 1 heterocycles. The van der Waals surface area contributed by atoms with Crippen molar-refractivity contribution in [3.05, 3.63) is 59.2 Å². The Hall–Kier alpha value is -3.48. The van der Waals surface area contributed by atoms with Crippen molar-refractivity contribution in [1.29, 1.82) is 0 Å². The molecule has 2 aromatic carbocycles. The first kappa shape index (κ1) is 21.4. The Kier molecular flexibility index (Phi) is 5.27. The van der Waals surface area contributed by atoms with Gasteiger partial charge < -0.3 is 10.1 Å². The molecule has 1 N–H and O–H groups in total. The number of carbonyl (C=O) groups is 4. The molecule has 0 aromatic heterocycles. The Labute approximate surface area is 192 Å². The zero-order valence-corrected chi connectivity index (χ0v) is 18.7. The molecule has 7 heteroatoms. The number of amides is 3. The maximum atomic E-state index is 12.9. The van der Waals surface area contributed by atoms with E-state index in [1.54, 1.807) is 12.1 Å². The summed E-state index contributed by atoms with van der Waals surface area (Å²) in [6.07, 6.45) is 3.05. The zero-order chi connectivity index (χ0) is 23.3. The second-order valence-electron chi connectivity index (χ2n) is 9.44. The van der Waals surface area contributed by atoms with Gasteiger partial charge in [0.05, 0.1) is 23.1 Å². The molecule has 0 radical (unpaired) electrons. The largest absolute Gasteiger partial charge is 0.452 e. The van der Waals surface area contributed by atoms with E-state index in [-0.39, 0.29) is 29.2 Å². The number of carbonyl (C=O) groups excluding carboxylic acids is 4. The van der Waals surface area contributed by atoms with E-state index in [4.69, 9.17) is 4.74 Å². The average molecular weight is 447 g/mol. The van der Waals surface area contributed by atoms with E-state index in [1.165, 1.54) is 17.0 Å². The van der Waals surface area contributed by atoms with Gasteiger partial charge in [-0.3, -0.25) is 19.3 Å². The predicted octanol–water partition coefficient (Wildman–Crippen LogP) is 3.63. The number of aryl methyl sites for hydroxylation is 2. The molecule has 2 bridgehead atoms. The van der Waals surface area contributed by atoms with Crippen LogP contribution >= 0.6 is 0 Å². The number of esters is 1. The Morgan fingerprint density at radius 1 is 0.939 bits per heavy atom. The fourth-order valence-corrected chi connectivity index (χ4v) is 5.87. The minimum Gasteiger partial charge on any atom is -0.452 e. The van der Waals surface area contributed by atoms with Crippen LogP contribution in [0.3, 0.4) is 0 Å². The maximum Gasteiger partial charge on any atom is 0.338 e. The molecule has 2 aromatic rings. The van der Waals surface area contributed by atoms with Crippen LogP contribution in [0.1, 0.15) is 40.7 Å². The van der Waals surface area contributed by atoms with Gasteiger partial charge in [-0.15, -0.1) is 0 Å². The van der Waals surface area contributed by atoms with Gasteiger partial charge in [-0.2, -0.15) is 0 Å². The molecule has 3 amide bonds. The summed E-state index contributed by atoms with van der Waals surface area (Å²) in [5.74, 6) is -1.03. The minimum absolute atomic E-state index is 0.115. The van der Waals surface area contributed by atoms with Gasteiger partial charge in [0, 0.05) is 5.69 Å². The SMILES string of the molecule is Cc1cc(C)cc(NC(=O)COC(=O)c2ccc(N3C(=O)[C@@H]4[C@H]5CC[C@@H](C5)[C@@H]4C3=O)cc2)c1. The van der Waals surface area contributed by atoms with E-state index in [0.29, 0.717) is 23.2 Å². The fraction of sp³-hybridized carbons (Fsp3) is 0.385. The monoisotopic (exact) mass is 446 g/mol. The number of rotatable bonds is 5. The molecule has 2 aliphatic carbocycles. The van der Waals surface area contributed by atoms with Crippen molar-refractivity contribution in [2.75, 3.05) is 16.8 Å². The molecular formula is C26H26N2O5.